The quantitative estimate of drug-likeness (QED) is 0.410. The van der Waals surface area contributed by atoms with Crippen molar-refractivity contribution in [1.82, 2.24) is 0 Å². The summed E-state index contributed by atoms with van der Waals surface area (Å²) in [6.07, 6.45) is 14.0. The molecule has 3 heteroatoms. The summed E-state index contributed by atoms with van der Waals surface area (Å²) < 4.78 is 0. The van der Waals surface area contributed by atoms with E-state index in [0.29, 0.717) is 23.8 Å². The van der Waals surface area contributed by atoms with Gasteiger partial charge in [-0.3, -0.25) is 4.99 Å². The Morgan fingerprint density at radius 2 is 1.61 bits per heavy atom. The summed E-state index contributed by atoms with van der Waals surface area (Å²) in [5.41, 5.74) is 10.9. The van der Waals surface area contributed by atoms with E-state index in [1.807, 2.05) is 0 Å². The van der Waals surface area contributed by atoms with Crippen LogP contribution >= 0.6 is 12.2 Å². The molecule has 2 nitrogen and oxygen atoms in total. The van der Waals surface area contributed by atoms with Crippen molar-refractivity contribution in [2.24, 2.45) is 33.9 Å². The smallest absolute Gasteiger partial charge is 0.109 e. The lowest BCUT2D eigenvalue weighted by molar-refractivity contribution is 0.238. The van der Waals surface area contributed by atoms with Crippen LogP contribution in [0.15, 0.2) is 71.2 Å². The van der Waals surface area contributed by atoms with Crippen molar-refractivity contribution in [1.29, 1.82) is 0 Å². The first kappa shape index (κ1) is 21.4. The average Bonchev–Trinajstić information content (AvgIpc) is 3.22. The number of aliphatic imine (C=N–C) groups is 1. The van der Waals surface area contributed by atoms with Gasteiger partial charge in [-0.05, 0) is 85.7 Å². The fraction of sp³-hybridized carbons (Fsp3) is 0.467. The second kappa shape index (κ2) is 8.29. The van der Waals surface area contributed by atoms with Crippen LogP contribution in [0.5, 0.6) is 0 Å². The summed E-state index contributed by atoms with van der Waals surface area (Å²) in [6.45, 7) is 0. The number of rotatable bonds is 4. The lowest BCUT2D eigenvalue weighted by Crippen LogP contribution is -2.36. The molecule has 0 aliphatic heterocycles. The lowest BCUT2D eigenvalue weighted by atomic mass is 9.63. The molecule has 0 saturated heterocycles. The predicted molar refractivity (Wildman–Crippen MR) is 141 cm³/mol. The Hall–Kier alpha value is -2.10. The van der Waals surface area contributed by atoms with E-state index in [1.54, 1.807) is 5.57 Å². The molecule has 5 aliphatic rings. The molecular formula is C30H34N2S. The van der Waals surface area contributed by atoms with Gasteiger partial charge in [-0.1, -0.05) is 84.5 Å². The zero-order valence-corrected chi connectivity index (χ0v) is 20.1. The molecule has 33 heavy (non-hydrogen) atoms. The van der Waals surface area contributed by atoms with Crippen LogP contribution in [0.4, 0.5) is 0 Å². The Morgan fingerprint density at radius 3 is 2.33 bits per heavy atom. The molecule has 2 N–H and O–H groups in total. The van der Waals surface area contributed by atoms with Gasteiger partial charge in [0, 0.05) is 17.7 Å². The first-order valence-electron chi connectivity index (χ1n) is 12.7. The van der Waals surface area contributed by atoms with E-state index in [0.717, 1.165) is 37.1 Å². The maximum atomic E-state index is 6.17. The van der Waals surface area contributed by atoms with E-state index in [2.05, 4.69) is 73.0 Å². The molecule has 2 aromatic carbocycles. The molecule has 0 amide bonds. The van der Waals surface area contributed by atoms with Crippen LogP contribution in [0, 0.1) is 23.2 Å². The van der Waals surface area contributed by atoms with Gasteiger partial charge in [-0.15, -0.1) is 0 Å². The van der Waals surface area contributed by atoms with Crippen LogP contribution in [0.25, 0.3) is 6.08 Å². The van der Waals surface area contributed by atoms with E-state index in [-0.39, 0.29) is 10.8 Å². The first-order chi connectivity index (χ1) is 16.1. The summed E-state index contributed by atoms with van der Waals surface area (Å²) in [6, 6.07) is 22.5. The number of hydrogen-bond donors (Lipinski definition) is 1. The van der Waals surface area contributed by atoms with Gasteiger partial charge in [0.15, 0.2) is 0 Å². The first-order valence-corrected chi connectivity index (χ1v) is 13.2. The number of thiocarbonyl (C=S) groups is 1. The number of nitrogens with zero attached hydrogens (tertiary/aromatic N) is 1. The van der Waals surface area contributed by atoms with Gasteiger partial charge in [0.25, 0.3) is 0 Å². The molecule has 4 atom stereocenters. The van der Waals surface area contributed by atoms with E-state index in [1.165, 1.54) is 30.4 Å². The Morgan fingerprint density at radius 1 is 0.909 bits per heavy atom. The third kappa shape index (κ3) is 3.65. The Kier molecular flexibility index (Phi) is 5.38. The highest BCUT2D eigenvalue weighted by molar-refractivity contribution is 7.80. The second-order valence-electron chi connectivity index (χ2n) is 11.2. The predicted octanol–water partition coefficient (Wildman–Crippen LogP) is 6.74. The fourth-order valence-electron chi connectivity index (χ4n) is 7.69. The lowest BCUT2D eigenvalue weighted by Gasteiger charge is -2.41. The van der Waals surface area contributed by atoms with Crippen molar-refractivity contribution in [2.75, 3.05) is 0 Å². The van der Waals surface area contributed by atoms with Gasteiger partial charge in [0.1, 0.15) is 4.99 Å². The molecule has 0 aromatic heterocycles. The van der Waals surface area contributed by atoms with Crippen molar-refractivity contribution in [3.8, 4) is 0 Å². The van der Waals surface area contributed by atoms with Gasteiger partial charge in [0.2, 0.25) is 0 Å². The van der Waals surface area contributed by atoms with Crippen molar-refractivity contribution in [3.05, 3.63) is 77.4 Å². The third-order valence-corrected chi connectivity index (χ3v) is 9.71. The molecule has 5 fully saturated rings. The van der Waals surface area contributed by atoms with Crippen molar-refractivity contribution < 1.29 is 0 Å². The molecule has 0 heterocycles. The highest BCUT2D eigenvalue weighted by Gasteiger charge is 2.67. The van der Waals surface area contributed by atoms with E-state index in [9.17, 15) is 0 Å². The Labute approximate surface area is 203 Å². The molecule has 0 radical (unpaired) electrons. The van der Waals surface area contributed by atoms with Crippen LogP contribution in [0.3, 0.4) is 0 Å². The largest absolute Gasteiger partial charge is 0.328 e. The SMILES string of the molecule is NC1CCC(C=NC(=S)C23CC4CC(c5ccccc5)(CC2/C4=C\c2ccccc2)C3)CC1. The summed E-state index contributed by atoms with van der Waals surface area (Å²) in [4.78, 5) is 6.02. The van der Waals surface area contributed by atoms with Crippen LogP contribution in [-0.4, -0.2) is 17.2 Å². The van der Waals surface area contributed by atoms with Crippen LogP contribution in [0.1, 0.15) is 62.5 Å². The van der Waals surface area contributed by atoms with Crippen LogP contribution in [0.2, 0.25) is 0 Å². The highest BCUT2D eigenvalue weighted by Crippen LogP contribution is 2.73. The molecule has 5 saturated carbocycles. The van der Waals surface area contributed by atoms with Gasteiger partial charge in [0.05, 0.1) is 0 Å². The minimum absolute atomic E-state index is 0.0380. The minimum atomic E-state index is 0.0380. The maximum Gasteiger partial charge on any atom is 0.109 e. The number of allylic oxidation sites excluding steroid dienone is 1. The van der Waals surface area contributed by atoms with Crippen molar-refractivity contribution >= 4 is 29.5 Å². The summed E-state index contributed by atoms with van der Waals surface area (Å²) in [7, 11) is 0. The fourth-order valence-corrected chi connectivity index (χ4v) is 8.05. The molecule has 4 unspecified atom stereocenters. The molecule has 170 valence electrons. The third-order valence-electron chi connectivity index (χ3n) is 9.20. The minimum Gasteiger partial charge on any atom is -0.328 e. The summed E-state index contributed by atoms with van der Waals surface area (Å²) >= 11 is 6.17. The summed E-state index contributed by atoms with van der Waals surface area (Å²) in [5, 5.41) is 0. The number of benzene rings is 2. The second-order valence-corrected chi connectivity index (χ2v) is 11.5. The van der Waals surface area contributed by atoms with Crippen molar-refractivity contribution in [2.45, 2.75) is 62.8 Å². The van der Waals surface area contributed by atoms with Gasteiger partial charge in [-0.25, -0.2) is 0 Å². The maximum absolute atomic E-state index is 6.17. The van der Waals surface area contributed by atoms with E-state index in [4.69, 9.17) is 22.9 Å². The summed E-state index contributed by atoms with van der Waals surface area (Å²) in [5.74, 6) is 1.66. The molecule has 5 aliphatic carbocycles. The average molecular weight is 455 g/mol. The Bertz CT molecular complexity index is 1080. The van der Waals surface area contributed by atoms with Gasteiger partial charge in [-0.2, -0.15) is 0 Å². The monoisotopic (exact) mass is 454 g/mol. The Balaban J connectivity index is 1.34. The highest BCUT2D eigenvalue weighted by atomic mass is 32.1. The van der Waals surface area contributed by atoms with Gasteiger partial charge < -0.3 is 5.73 Å². The zero-order valence-electron chi connectivity index (χ0n) is 19.3. The standard InChI is InChI=1S/C30H34N2S/c31-25-13-11-22(12-14-25)19-32-28(33)30-17-23-16-29(20-30,24-9-5-2-6-10-24)18-27(30)26(23)15-21-7-3-1-4-8-21/h1-10,15,19,22-23,25,27H,11-14,16-18,20,31H2/b26-15-,32-19?. The zero-order chi connectivity index (χ0) is 22.5. The normalized spacial score (nSPS) is 38.4. The molecular weight excluding hydrogens is 420 g/mol. The number of hydrogen-bond acceptors (Lipinski definition) is 2. The van der Waals surface area contributed by atoms with Gasteiger partial charge >= 0.3 is 0 Å². The molecule has 4 bridgehead atoms. The molecule has 7 rings (SSSR count). The number of nitrogens with two attached hydrogens (primary N) is 1. The van der Waals surface area contributed by atoms with E-state index < -0.39 is 0 Å². The topological polar surface area (TPSA) is 38.4 Å². The van der Waals surface area contributed by atoms with Crippen molar-refractivity contribution in [3.63, 3.8) is 0 Å². The molecule has 0 spiro atoms. The van der Waals surface area contributed by atoms with Crippen LogP contribution < -0.4 is 5.73 Å². The van der Waals surface area contributed by atoms with Crippen LogP contribution in [-0.2, 0) is 5.41 Å². The van der Waals surface area contributed by atoms with E-state index >= 15 is 0 Å². The molecule has 2 aromatic rings.